The third kappa shape index (κ3) is 3.06. The number of hydrogen-bond donors (Lipinski definition) is 2. The molecule has 0 saturated heterocycles. The highest BCUT2D eigenvalue weighted by molar-refractivity contribution is 5.96. The summed E-state index contributed by atoms with van der Waals surface area (Å²) in [5.74, 6) is -0.906. The molecule has 1 amide bonds. The molecular weight excluding hydrogens is 256 g/mol. The first kappa shape index (κ1) is 13.9. The van der Waals surface area contributed by atoms with Crippen LogP contribution in [-0.4, -0.2) is 29.5 Å². The summed E-state index contributed by atoms with van der Waals surface area (Å²) in [6, 6.07) is 9.22. The van der Waals surface area contributed by atoms with E-state index in [4.69, 9.17) is 4.74 Å². The highest BCUT2D eigenvalue weighted by Crippen LogP contribution is 2.15. The molecule has 1 aromatic carbocycles. The van der Waals surface area contributed by atoms with Crippen LogP contribution in [-0.2, 0) is 9.53 Å². The van der Waals surface area contributed by atoms with Crippen molar-refractivity contribution in [1.29, 1.82) is 0 Å². The predicted molar refractivity (Wildman–Crippen MR) is 76.4 cm³/mol. The summed E-state index contributed by atoms with van der Waals surface area (Å²) in [6.45, 7) is 5.36. The molecule has 20 heavy (non-hydrogen) atoms. The number of carbonyl (C=O) groups excluding carboxylic acids is 2. The van der Waals surface area contributed by atoms with Crippen molar-refractivity contribution in [3.8, 4) is 0 Å². The highest BCUT2D eigenvalue weighted by atomic mass is 16.5. The first-order valence-corrected chi connectivity index (χ1v) is 6.29. The molecule has 1 atom stereocenters. The zero-order valence-corrected chi connectivity index (χ0v) is 11.2. The summed E-state index contributed by atoms with van der Waals surface area (Å²) < 4.78 is 5.11. The van der Waals surface area contributed by atoms with Gasteiger partial charge in [-0.25, -0.2) is 4.79 Å². The van der Waals surface area contributed by atoms with Crippen LogP contribution in [0.2, 0.25) is 0 Å². The maximum Gasteiger partial charge on any atom is 0.355 e. The molecule has 2 aromatic rings. The molecule has 0 bridgehead atoms. The Morgan fingerprint density at radius 2 is 2.20 bits per heavy atom. The fourth-order valence-electron chi connectivity index (χ4n) is 1.78. The van der Waals surface area contributed by atoms with E-state index >= 15 is 0 Å². The van der Waals surface area contributed by atoms with Gasteiger partial charge >= 0.3 is 5.97 Å². The Morgan fingerprint density at radius 1 is 1.45 bits per heavy atom. The Bertz CT molecular complexity index is 612. The van der Waals surface area contributed by atoms with Crippen LogP contribution in [0.1, 0.15) is 17.4 Å². The van der Waals surface area contributed by atoms with Crippen LogP contribution in [0.4, 0.5) is 0 Å². The number of esters is 1. The van der Waals surface area contributed by atoms with Crippen molar-refractivity contribution in [2.45, 2.75) is 13.0 Å². The summed E-state index contributed by atoms with van der Waals surface area (Å²) in [5, 5.41) is 3.49. The number of benzene rings is 1. The van der Waals surface area contributed by atoms with Crippen LogP contribution >= 0.6 is 0 Å². The first-order chi connectivity index (χ1) is 9.61. The molecule has 0 aliphatic carbocycles. The summed E-state index contributed by atoms with van der Waals surface area (Å²) in [4.78, 5) is 26.5. The molecule has 1 unspecified atom stereocenters. The second-order valence-electron chi connectivity index (χ2n) is 4.35. The van der Waals surface area contributed by atoms with Crippen molar-refractivity contribution >= 4 is 22.8 Å². The Hall–Kier alpha value is -2.56. The molecule has 2 rings (SSSR count). The Labute approximate surface area is 116 Å². The minimum Gasteiger partial charge on any atom is -0.448 e. The van der Waals surface area contributed by atoms with Crippen LogP contribution in [0.5, 0.6) is 0 Å². The molecule has 2 N–H and O–H groups in total. The largest absolute Gasteiger partial charge is 0.448 e. The predicted octanol–water partition coefficient (Wildman–Crippen LogP) is 2.02. The van der Waals surface area contributed by atoms with Gasteiger partial charge in [0, 0.05) is 17.4 Å². The van der Waals surface area contributed by atoms with Crippen molar-refractivity contribution in [2.24, 2.45) is 0 Å². The molecule has 0 saturated carbocycles. The molecule has 0 aliphatic heterocycles. The lowest BCUT2D eigenvalue weighted by Crippen LogP contribution is -2.35. The smallest absolute Gasteiger partial charge is 0.355 e. The van der Waals surface area contributed by atoms with E-state index < -0.39 is 12.1 Å². The maximum absolute atomic E-state index is 11.9. The van der Waals surface area contributed by atoms with Crippen LogP contribution in [0.15, 0.2) is 43.0 Å². The highest BCUT2D eigenvalue weighted by Gasteiger charge is 2.19. The number of aromatic amines is 1. The molecule has 0 radical (unpaired) electrons. The number of nitrogens with one attached hydrogen (secondary N) is 2. The number of aromatic nitrogens is 1. The third-order valence-corrected chi connectivity index (χ3v) is 2.82. The number of H-pyrrole nitrogens is 1. The lowest BCUT2D eigenvalue weighted by molar-refractivity contribution is -0.128. The van der Waals surface area contributed by atoms with Gasteiger partial charge in [-0.2, -0.15) is 0 Å². The van der Waals surface area contributed by atoms with Crippen molar-refractivity contribution in [1.82, 2.24) is 10.3 Å². The van der Waals surface area contributed by atoms with E-state index in [1.54, 1.807) is 12.1 Å². The molecule has 5 nitrogen and oxygen atoms in total. The Balaban J connectivity index is 2.04. The number of amides is 1. The topological polar surface area (TPSA) is 71.2 Å². The molecule has 5 heteroatoms. The van der Waals surface area contributed by atoms with Gasteiger partial charge in [-0.3, -0.25) is 4.79 Å². The average Bonchev–Trinajstić information content (AvgIpc) is 2.88. The fraction of sp³-hybridized carbons (Fsp3) is 0.200. The third-order valence-electron chi connectivity index (χ3n) is 2.82. The number of ether oxygens (including phenoxy) is 1. The minimum absolute atomic E-state index is 0.328. The minimum atomic E-state index is -0.853. The van der Waals surface area contributed by atoms with E-state index in [2.05, 4.69) is 16.9 Å². The SMILES string of the molecule is C=CCNC(=O)C(C)OC(=O)c1cc2ccccc2[nH]1. The van der Waals surface area contributed by atoms with E-state index in [0.29, 0.717) is 12.2 Å². The molecule has 1 heterocycles. The van der Waals surface area contributed by atoms with Gasteiger partial charge in [0.1, 0.15) is 5.69 Å². The second-order valence-corrected chi connectivity index (χ2v) is 4.35. The molecular formula is C15H16N2O3. The number of hydrogen-bond acceptors (Lipinski definition) is 3. The van der Waals surface area contributed by atoms with Crippen LogP contribution in [0.3, 0.4) is 0 Å². The standard InChI is InChI=1S/C15H16N2O3/c1-3-8-16-14(18)10(2)20-15(19)13-9-11-6-4-5-7-12(11)17-13/h3-7,9-10,17H,1,8H2,2H3,(H,16,18). The van der Waals surface area contributed by atoms with Crippen molar-refractivity contribution in [3.05, 3.63) is 48.7 Å². The summed E-state index contributed by atoms with van der Waals surface area (Å²) in [5.41, 5.74) is 1.18. The van der Waals surface area contributed by atoms with E-state index in [1.807, 2.05) is 24.3 Å². The number of fused-ring (bicyclic) bond motifs is 1. The van der Waals surface area contributed by atoms with Crippen LogP contribution in [0.25, 0.3) is 10.9 Å². The number of rotatable bonds is 5. The molecule has 0 aliphatic rings. The van der Waals surface area contributed by atoms with Gasteiger partial charge in [-0.15, -0.1) is 6.58 Å². The molecule has 0 spiro atoms. The summed E-state index contributed by atoms with van der Waals surface area (Å²) in [7, 11) is 0. The first-order valence-electron chi connectivity index (χ1n) is 6.29. The van der Waals surface area contributed by atoms with Gasteiger partial charge in [0.2, 0.25) is 0 Å². The van der Waals surface area contributed by atoms with E-state index in [-0.39, 0.29) is 5.91 Å². The van der Waals surface area contributed by atoms with Crippen LogP contribution < -0.4 is 5.32 Å². The van der Waals surface area contributed by atoms with Crippen molar-refractivity contribution in [2.75, 3.05) is 6.54 Å². The van der Waals surface area contributed by atoms with Gasteiger partial charge < -0.3 is 15.0 Å². The normalized spacial score (nSPS) is 11.8. The van der Waals surface area contributed by atoms with Gasteiger partial charge in [0.25, 0.3) is 5.91 Å². The second kappa shape index (κ2) is 6.06. The molecule has 104 valence electrons. The molecule has 0 fully saturated rings. The monoisotopic (exact) mass is 272 g/mol. The van der Waals surface area contributed by atoms with Crippen molar-refractivity contribution in [3.63, 3.8) is 0 Å². The Kier molecular flexibility index (Phi) is 4.20. The van der Waals surface area contributed by atoms with E-state index in [0.717, 1.165) is 10.9 Å². The van der Waals surface area contributed by atoms with Crippen molar-refractivity contribution < 1.29 is 14.3 Å². The number of para-hydroxylation sites is 1. The quantitative estimate of drug-likeness (QED) is 0.646. The Morgan fingerprint density at radius 3 is 2.90 bits per heavy atom. The molecule has 1 aromatic heterocycles. The van der Waals surface area contributed by atoms with Crippen LogP contribution in [0, 0.1) is 0 Å². The fourth-order valence-corrected chi connectivity index (χ4v) is 1.78. The van der Waals surface area contributed by atoms with E-state index in [1.165, 1.54) is 6.92 Å². The lowest BCUT2D eigenvalue weighted by atomic mass is 10.2. The average molecular weight is 272 g/mol. The van der Waals surface area contributed by atoms with Gasteiger partial charge in [-0.05, 0) is 19.1 Å². The number of carbonyl (C=O) groups is 2. The zero-order chi connectivity index (χ0) is 14.5. The van der Waals surface area contributed by atoms with Gasteiger partial charge in [0.05, 0.1) is 0 Å². The zero-order valence-electron chi connectivity index (χ0n) is 11.2. The van der Waals surface area contributed by atoms with E-state index in [9.17, 15) is 9.59 Å². The summed E-state index contributed by atoms with van der Waals surface area (Å²) >= 11 is 0. The van der Waals surface area contributed by atoms with Gasteiger partial charge in [-0.1, -0.05) is 24.3 Å². The van der Waals surface area contributed by atoms with Gasteiger partial charge in [0.15, 0.2) is 6.10 Å². The maximum atomic E-state index is 11.9. The lowest BCUT2D eigenvalue weighted by Gasteiger charge is -2.11. The summed E-state index contributed by atoms with van der Waals surface area (Å²) in [6.07, 6.45) is 0.707.